The molecule has 1 saturated heterocycles. The monoisotopic (exact) mass is 467 g/mol. The van der Waals surface area contributed by atoms with E-state index in [-0.39, 0.29) is 23.8 Å². The Labute approximate surface area is 186 Å². The SMILES string of the molecule is Nc1ccc(OC(F)(F)F)cc1NC(=O)C1CCC2(CC1)CN(c1ccc(F)cc1)C(=O)O2. The lowest BCUT2D eigenvalue weighted by atomic mass is 9.78. The Morgan fingerprint density at radius 1 is 1.15 bits per heavy atom. The predicted molar refractivity (Wildman–Crippen MR) is 111 cm³/mol. The summed E-state index contributed by atoms with van der Waals surface area (Å²) in [5.41, 5.74) is 5.68. The second-order valence-electron chi connectivity index (χ2n) is 8.17. The van der Waals surface area contributed by atoms with Crippen molar-refractivity contribution in [2.45, 2.75) is 37.6 Å². The van der Waals surface area contributed by atoms with Gasteiger partial charge in [0.1, 0.15) is 17.2 Å². The van der Waals surface area contributed by atoms with Crippen molar-refractivity contribution in [1.29, 1.82) is 0 Å². The number of ether oxygens (including phenoxy) is 2. The van der Waals surface area contributed by atoms with Crippen molar-refractivity contribution in [2.24, 2.45) is 5.92 Å². The van der Waals surface area contributed by atoms with E-state index < -0.39 is 35.5 Å². The van der Waals surface area contributed by atoms with E-state index in [4.69, 9.17) is 10.5 Å². The van der Waals surface area contributed by atoms with Gasteiger partial charge >= 0.3 is 12.5 Å². The fourth-order valence-electron chi connectivity index (χ4n) is 4.18. The van der Waals surface area contributed by atoms with Gasteiger partial charge in [0.2, 0.25) is 5.91 Å². The van der Waals surface area contributed by atoms with Crippen LogP contribution in [0.15, 0.2) is 42.5 Å². The number of nitrogens with one attached hydrogen (secondary N) is 1. The minimum atomic E-state index is -4.87. The predicted octanol–water partition coefficient (Wildman–Crippen LogP) is 4.83. The Kier molecular flexibility index (Phi) is 5.81. The summed E-state index contributed by atoms with van der Waals surface area (Å²) in [5, 5.41) is 2.57. The zero-order valence-electron chi connectivity index (χ0n) is 17.3. The number of nitrogens with zero attached hydrogens (tertiary/aromatic N) is 1. The summed E-state index contributed by atoms with van der Waals surface area (Å²) < 4.78 is 60.0. The minimum absolute atomic E-state index is 0.0248. The number of nitrogens with two attached hydrogens (primary N) is 1. The molecule has 1 aliphatic carbocycles. The standard InChI is InChI=1S/C22H21F4N3O4/c23-14-1-3-15(4-2-14)29-12-21(33-20(29)31)9-7-13(8-10-21)19(30)28-18-11-16(5-6-17(18)27)32-22(24,25)26/h1-6,11,13H,7-10,12,27H2,(H,28,30). The van der Waals surface area contributed by atoms with Crippen LogP contribution in [0.5, 0.6) is 5.75 Å². The number of carbonyl (C=O) groups excluding carboxylic acids is 2. The van der Waals surface area contributed by atoms with Gasteiger partial charge in [-0.1, -0.05) is 0 Å². The summed E-state index contributed by atoms with van der Waals surface area (Å²) in [5.74, 6) is -1.72. The summed E-state index contributed by atoms with van der Waals surface area (Å²) in [7, 11) is 0. The van der Waals surface area contributed by atoms with Crippen molar-refractivity contribution in [2.75, 3.05) is 22.5 Å². The fraction of sp³-hybridized carbons (Fsp3) is 0.364. The third-order valence-electron chi connectivity index (χ3n) is 5.89. The number of nitrogen functional groups attached to an aromatic ring is 1. The Morgan fingerprint density at radius 2 is 1.82 bits per heavy atom. The van der Waals surface area contributed by atoms with Crippen molar-refractivity contribution >= 4 is 29.1 Å². The van der Waals surface area contributed by atoms with Crippen LogP contribution in [0, 0.1) is 11.7 Å². The highest BCUT2D eigenvalue weighted by Crippen LogP contribution is 2.41. The van der Waals surface area contributed by atoms with Crippen molar-refractivity contribution in [3.8, 4) is 5.75 Å². The summed E-state index contributed by atoms with van der Waals surface area (Å²) >= 11 is 0. The molecule has 176 valence electrons. The number of amides is 2. The number of hydrogen-bond acceptors (Lipinski definition) is 5. The van der Waals surface area contributed by atoms with E-state index in [9.17, 15) is 27.2 Å². The molecule has 2 fully saturated rings. The molecule has 1 aliphatic heterocycles. The molecular weight excluding hydrogens is 446 g/mol. The lowest BCUT2D eigenvalue weighted by molar-refractivity contribution is -0.274. The summed E-state index contributed by atoms with van der Waals surface area (Å²) in [6.45, 7) is 0.287. The first-order chi connectivity index (χ1) is 15.5. The van der Waals surface area contributed by atoms with E-state index in [1.54, 1.807) is 0 Å². The average Bonchev–Trinajstić information content (AvgIpc) is 3.06. The van der Waals surface area contributed by atoms with Gasteiger partial charge in [-0.15, -0.1) is 13.2 Å². The maximum atomic E-state index is 13.2. The molecule has 0 radical (unpaired) electrons. The maximum Gasteiger partial charge on any atom is 0.573 e. The first-order valence-corrected chi connectivity index (χ1v) is 10.3. The molecular formula is C22H21F4N3O4. The van der Waals surface area contributed by atoms with E-state index in [2.05, 4.69) is 10.1 Å². The average molecular weight is 467 g/mol. The zero-order chi connectivity index (χ0) is 23.8. The Balaban J connectivity index is 1.37. The highest BCUT2D eigenvalue weighted by Gasteiger charge is 2.48. The van der Waals surface area contributed by atoms with Gasteiger partial charge in [0.25, 0.3) is 0 Å². The molecule has 2 aromatic carbocycles. The van der Waals surface area contributed by atoms with Gasteiger partial charge in [-0.2, -0.15) is 0 Å². The topological polar surface area (TPSA) is 93.9 Å². The molecule has 0 atom stereocenters. The van der Waals surface area contributed by atoms with Crippen LogP contribution in [-0.2, 0) is 9.53 Å². The molecule has 7 nitrogen and oxygen atoms in total. The molecule has 1 spiro atoms. The Morgan fingerprint density at radius 3 is 2.45 bits per heavy atom. The highest BCUT2D eigenvalue weighted by molar-refractivity contribution is 5.96. The zero-order valence-corrected chi connectivity index (χ0v) is 17.3. The van der Waals surface area contributed by atoms with Crippen LogP contribution in [0.1, 0.15) is 25.7 Å². The lowest BCUT2D eigenvalue weighted by Crippen LogP contribution is -2.41. The van der Waals surface area contributed by atoms with Crippen molar-refractivity contribution in [3.05, 3.63) is 48.3 Å². The molecule has 2 aliphatic rings. The molecule has 0 aromatic heterocycles. The van der Waals surface area contributed by atoms with E-state index in [1.165, 1.54) is 35.2 Å². The molecule has 1 heterocycles. The van der Waals surface area contributed by atoms with Crippen LogP contribution in [0.3, 0.4) is 0 Å². The van der Waals surface area contributed by atoms with Crippen LogP contribution in [0.25, 0.3) is 0 Å². The fourth-order valence-corrected chi connectivity index (χ4v) is 4.18. The second-order valence-corrected chi connectivity index (χ2v) is 8.17. The third kappa shape index (κ3) is 5.12. The number of carbonyl (C=O) groups is 2. The van der Waals surface area contributed by atoms with Crippen molar-refractivity contribution in [1.82, 2.24) is 0 Å². The first kappa shape index (κ1) is 22.7. The van der Waals surface area contributed by atoms with E-state index in [1.807, 2.05) is 0 Å². The molecule has 4 rings (SSSR count). The normalized spacial score (nSPS) is 22.8. The summed E-state index contributed by atoms with van der Waals surface area (Å²) in [6, 6.07) is 8.80. The van der Waals surface area contributed by atoms with Gasteiger partial charge in [-0.05, 0) is 62.1 Å². The molecule has 3 N–H and O–H groups in total. The van der Waals surface area contributed by atoms with Crippen LogP contribution < -0.4 is 20.7 Å². The Hall–Kier alpha value is -3.50. The lowest BCUT2D eigenvalue weighted by Gasteiger charge is -2.34. The molecule has 33 heavy (non-hydrogen) atoms. The van der Waals surface area contributed by atoms with Crippen molar-refractivity contribution < 1.29 is 36.6 Å². The minimum Gasteiger partial charge on any atom is -0.441 e. The molecule has 2 amide bonds. The van der Waals surface area contributed by atoms with Gasteiger partial charge < -0.3 is 20.5 Å². The molecule has 11 heteroatoms. The number of hydrogen-bond donors (Lipinski definition) is 2. The molecule has 1 saturated carbocycles. The van der Waals surface area contributed by atoms with Crippen LogP contribution in [0.4, 0.5) is 39.4 Å². The summed E-state index contributed by atoms with van der Waals surface area (Å²) in [4.78, 5) is 26.5. The molecule has 2 aromatic rings. The van der Waals surface area contributed by atoms with Gasteiger partial charge in [0, 0.05) is 17.7 Å². The van der Waals surface area contributed by atoms with E-state index in [0.717, 1.165) is 12.1 Å². The summed E-state index contributed by atoms with van der Waals surface area (Å²) in [6.07, 6.45) is -3.71. The van der Waals surface area contributed by atoms with E-state index in [0.29, 0.717) is 31.4 Å². The largest absolute Gasteiger partial charge is 0.573 e. The van der Waals surface area contributed by atoms with Crippen LogP contribution >= 0.6 is 0 Å². The van der Waals surface area contributed by atoms with Gasteiger partial charge in [-0.25, -0.2) is 9.18 Å². The van der Waals surface area contributed by atoms with Gasteiger partial charge in [-0.3, -0.25) is 9.69 Å². The number of rotatable bonds is 4. The number of alkyl halides is 3. The molecule has 0 unspecified atom stereocenters. The third-order valence-corrected chi connectivity index (χ3v) is 5.89. The Bertz CT molecular complexity index is 1050. The number of anilines is 3. The van der Waals surface area contributed by atoms with E-state index >= 15 is 0 Å². The number of benzene rings is 2. The van der Waals surface area contributed by atoms with Crippen molar-refractivity contribution in [3.63, 3.8) is 0 Å². The van der Waals surface area contributed by atoms with Gasteiger partial charge in [0.05, 0.1) is 17.9 Å². The first-order valence-electron chi connectivity index (χ1n) is 10.3. The quantitative estimate of drug-likeness (QED) is 0.496. The smallest absolute Gasteiger partial charge is 0.441 e. The van der Waals surface area contributed by atoms with Crippen LogP contribution in [0.2, 0.25) is 0 Å². The molecule has 0 bridgehead atoms. The maximum absolute atomic E-state index is 13.2. The number of halogens is 4. The second kappa shape index (κ2) is 8.45. The van der Waals surface area contributed by atoms with Crippen LogP contribution in [-0.4, -0.2) is 30.5 Å². The highest BCUT2D eigenvalue weighted by atomic mass is 19.4. The van der Waals surface area contributed by atoms with Gasteiger partial charge in [0.15, 0.2) is 0 Å².